The average Bonchev–Trinajstić information content (AvgIpc) is 2.42. The highest BCUT2D eigenvalue weighted by molar-refractivity contribution is 6.35. The fraction of sp³-hybridized carbons (Fsp3) is 0.688. The molecule has 0 radical (unpaired) electrons. The Balaban J connectivity index is 1.72. The second kappa shape index (κ2) is 6.04. The summed E-state index contributed by atoms with van der Waals surface area (Å²) in [5, 5.41) is 11.9. The molecule has 116 valence electrons. The lowest BCUT2D eigenvalue weighted by Gasteiger charge is -2.47. The van der Waals surface area contributed by atoms with E-state index in [4.69, 9.17) is 23.2 Å². The molecule has 0 aromatic carbocycles. The van der Waals surface area contributed by atoms with Crippen LogP contribution in [0.2, 0.25) is 10.2 Å². The van der Waals surface area contributed by atoms with Crippen LogP contribution >= 0.6 is 23.2 Å². The van der Waals surface area contributed by atoms with Crippen LogP contribution in [-0.2, 0) is 6.54 Å². The normalized spacial score (nSPS) is 30.2. The Hall–Kier alpha value is -0.350. The van der Waals surface area contributed by atoms with Crippen molar-refractivity contribution in [3.63, 3.8) is 0 Å². The van der Waals surface area contributed by atoms with Crippen LogP contribution in [0, 0.1) is 12.8 Å². The van der Waals surface area contributed by atoms with E-state index in [2.05, 4.69) is 9.88 Å². The van der Waals surface area contributed by atoms with Crippen molar-refractivity contribution in [2.24, 2.45) is 5.92 Å². The van der Waals surface area contributed by atoms with Crippen molar-refractivity contribution < 1.29 is 5.11 Å². The topological polar surface area (TPSA) is 36.4 Å². The summed E-state index contributed by atoms with van der Waals surface area (Å²) in [7, 11) is 0. The van der Waals surface area contributed by atoms with Crippen LogP contribution in [0.25, 0.3) is 0 Å². The summed E-state index contributed by atoms with van der Waals surface area (Å²) in [4.78, 5) is 6.66. The van der Waals surface area contributed by atoms with Gasteiger partial charge in [-0.2, -0.15) is 0 Å². The third-order valence-electron chi connectivity index (χ3n) is 5.04. The Morgan fingerprint density at radius 1 is 1.38 bits per heavy atom. The van der Waals surface area contributed by atoms with Gasteiger partial charge in [-0.1, -0.05) is 36.0 Å². The molecule has 2 fully saturated rings. The van der Waals surface area contributed by atoms with E-state index in [9.17, 15) is 5.11 Å². The van der Waals surface area contributed by atoms with Crippen LogP contribution in [0.3, 0.4) is 0 Å². The first-order valence-electron chi connectivity index (χ1n) is 7.74. The first-order valence-corrected chi connectivity index (χ1v) is 8.50. The number of piperidine rings is 1. The third-order valence-corrected chi connectivity index (χ3v) is 5.69. The molecule has 2 heterocycles. The number of halogens is 2. The molecule has 21 heavy (non-hydrogen) atoms. The van der Waals surface area contributed by atoms with Crippen LogP contribution in [0.15, 0.2) is 6.07 Å². The quantitative estimate of drug-likeness (QED) is 0.838. The van der Waals surface area contributed by atoms with Gasteiger partial charge < -0.3 is 5.11 Å². The monoisotopic (exact) mass is 328 g/mol. The standard InChI is InChI=1S/C16H22Cl2N2O/c1-11-8-14(17)13(15(18)19-11)10-20-7-6-16(21)5-3-2-4-12(16)9-20/h8,12,21H,2-7,9-10H2,1H3. The zero-order valence-corrected chi connectivity index (χ0v) is 13.9. The smallest absolute Gasteiger partial charge is 0.135 e. The van der Waals surface area contributed by atoms with E-state index in [1.807, 2.05) is 13.0 Å². The fourth-order valence-corrected chi connectivity index (χ4v) is 4.42. The van der Waals surface area contributed by atoms with E-state index in [1.165, 1.54) is 6.42 Å². The van der Waals surface area contributed by atoms with Crippen LogP contribution in [-0.4, -0.2) is 33.7 Å². The molecule has 3 rings (SSSR count). The Morgan fingerprint density at radius 3 is 2.95 bits per heavy atom. The van der Waals surface area contributed by atoms with Crippen molar-refractivity contribution in [1.82, 2.24) is 9.88 Å². The highest BCUT2D eigenvalue weighted by Crippen LogP contribution is 2.40. The van der Waals surface area contributed by atoms with Gasteiger partial charge in [-0.3, -0.25) is 4.90 Å². The number of pyridine rings is 1. The minimum atomic E-state index is -0.437. The molecule has 1 saturated heterocycles. The number of hydrogen-bond acceptors (Lipinski definition) is 3. The van der Waals surface area contributed by atoms with Gasteiger partial charge in [0.05, 0.1) is 5.60 Å². The minimum absolute atomic E-state index is 0.385. The summed E-state index contributed by atoms with van der Waals surface area (Å²) in [6, 6.07) is 1.86. The maximum Gasteiger partial charge on any atom is 0.135 e. The Morgan fingerprint density at radius 2 is 2.19 bits per heavy atom. The van der Waals surface area contributed by atoms with Crippen LogP contribution in [0.5, 0.6) is 0 Å². The molecule has 0 amide bonds. The van der Waals surface area contributed by atoms with Gasteiger partial charge in [0, 0.05) is 41.8 Å². The molecular weight excluding hydrogens is 307 g/mol. The molecular formula is C16H22Cl2N2O. The van der Waals surface area contributed by atoms with Crippen molar-refractivity contribution >= 4 is 23.2 Å². The van der Waals surface area contributed by atoms with Crippen molar-refractivity contribution in [1.29, 1.82) is 0 Å². The predicted octanol–water partition coefficient (Wildman–Crippen LogP) is 3.82. The lowest BCUT2D eigenvalue weighted by molar-refractivity contribution is -0.0967. The Bertz CT molecular complexity index is 514. The number of aliphatic hydroxyl groups is 1. The van der Waals surface area contributed by atoms with E-state index in [0.717, 1.165) is 56.6 Å². The summed E-state index contributed by atoms with van der Waals surface area (Å²) < 4.78 is 0. The Labute approximate surface area is 136 Å². The van der Waals surface area contributed by atoms with Crippen molar-refractivity contribution in [2.45, 2.75) is 51.2 Å². The molecule has 1 aromatic heterocycles. The number of aryl methyl sites for hydroxylation is 1. The molecule has 1 aromatic rings. The van der Waals surface area contributed by atoms with Gasteiger partial charge in [0.2, 0.25) is 0 Å². The lowest BCUT2D eigenvalue weighted by atomic mass is 9.71. The molecule has 2 aliphatic rings. The zero-order chi connectivity index (χ0) is 15.0. The van der Waals surface area contributed by atoms with Gasteiger partial charge in [0.25, 0.3) is 0 Å². The first kappa shape index (κ1) is 15.5. The summed E-state index contributed by atoms with van der Waals surface area (Å²) in [5.74, 6) is 0.385. The van der Waals surface area contributed by atoms with Crippen molar-refractivity contribution in [3.8, 4) is 0 Å². The summed E-state index contributed by atoms with van der Waals surface area (Å²) in [6.45, 7) is 4.44. The number of nitrogens with zero attached hydrogens (tertiary/aromatic N) is 2. The minimum Gasteiger partial charge on any atom is -0.390 e. The molecule has 3 nitrogen and oxygen atoms in total. The molecule has 1 aliphatic heterocycles. The first-order chi connectivity index (χ1) is 9.98. The number of fused-ring (bicyclic) bond motifs is 1. The van der Waals surface area contributed by atoms with Gasteiger partial charge in [-0.25, -0.2) is 4.98 Å². The van der Waals surface area contributed by atoms with Gasteiger partial charge >= 0.3 is 0 Å². The van der Waals surface area contributed by atoms with E-state index in [0.29, 0.717) is 16.1 Å². The number of aromatic nitrogens is 1. The average molecular weight is 329 g/mol. The molecule has 2 atom stereocenters. The molecule has 1 N–H and O–H groups in total. The Kier molecular flexibility index (Phi) is 4.47. The van der Waals surface area contributed by atoms with Gasteiger partial charge in [0.15, 0.2) is 0 Å². The second-order valence-corrected chi connectivity index (χ2v) is 7.31. The zero-order valence-electron chi connectivity index (χ0n) is 12.4. The molecule has 1 saturated carbocycles. The van der Waals surface area contributed by atoms with Gasteiger partial charge in [-0.15, -0.1) is 0 Å². The predicted molar refractivity (Wildman–Crippen MR) is 85.8 cm³/mol. The highest BCUT2D eigenvalue weighted by Gasteiger charge is 2.42. The molecule has 2 unspecified atom stereocenters. The molecule has 0 bridgehead atoms. The molecule has 1 aliphatic carbocycles. The van der Waals surface area contributed by atoms with E-state index >= 15 is 0 Å². The summed E-state index contributed by atoms with van der Waals surface area (Å²) >= 11 is 12.6. The van der Waals surface area contributed by atoms with Crippen LogP contribution in [0.4, 0.5) is 0 Å². The maximum atomic E-state index is 10.7. The molecule has 5 heteroatoms. The van der Waals surface area contributed by atoms with Crippen LogP contribution in [0.1, 0.15) is 43.4 Å². The lowest BCUT2D eigenvalue weighted by Crippen LogP contribution is -2.53. The maximum absolute atomic E-state index is 10.7. The third kappa shape index (κ3) is 3.21. The van der Waals surface area contributed by atoms with Gasteiger partial charge in [0.1, 0.15) is 5.15 Å². The van der Waals surface area contributed by atoms with Crippen LogP contribution < -0.4 is 0 Å². The van der Waals surface area contributed by atoms with Crippen molar-refractivity contribution in [2.75, 3.05) is 13.1 Å². The second-order valence-electron chi connectivity index (χ2n) is 6.55. The molecule has 0 spiro atoms. The summed E-state index contributed by atoms with van der Waals surface area (Å²) in [5.41, 5.74) is 1.31. The largest absolute Gasteiger partial charge is 0.390 e. The van der Waals surface area contributed by atoms with Crippen molar-refractivity contribution in [3.05, 3.63) is 27.5 Å². The number of likely N-dealkylation sites (tertiary alicyclic amines) is 1. The summed E-state index contributed by atoms with van der Waals surface area (Å²) in [6.07, 6.45) is 5.33. The fourth-order valence-electron chi connectivity index (χ4n) is 3.77. The van der Waals surface area contributed by atoms with E-state index < -0.39 is 5.60 Å². The number of rotatable bonds is 2. The number of hydrogen-bond donors (Lipinski definition) is 1. The van der Waals surface area contributed by atoms with Gasteiger partial charge in [-0.05, 0) is 32.3 Å². The van der Waals surface area contributed by atoms with E-state index in [-0.39, 0.29) is 0 Å². The van der Waals surface area contributed by atoms with E-state index in [1.54, 1.807) is 0 Å². The highest BCUT2D eigenvalue weighted by atomic mass is 35.5. The SMILES string of the molecule is Cc1cc(Cl)c(CN2CCC3(O)CCCCC3C2)c(Cl)n1.